The molecule has 9 heavy (non-hydrogen) atoms. The molecule has 0 saturated carbocycles. The first-order valence-corrected chi connectivity index (χ1v) is 3.14. The van der Waals surface area contributed by atoms with Gasteiger partial charge in [0.2, 0.25) is 5.88 Å². The Morgan fingerprint density at radius 2 is 2.33 bits per heavy atom. The Balaban J connectivity index is 2.48. The molecule has 0 saturated heterocycles. The van der Waals surface area contributed by atoms with Crippen LogP contribution in [0, 0.1) is 0 Å². The number of nitrogens with two attached hydrogens (primary N) is 2. The van der Waals surface area contributed by atoms with Gasteiger partial charge in [0.1, 0.15) is 6.10 Å². The fraction of sp³-hybridized carbons (Fsp3) is 0.667. The van der Waals surface area contributed by atoms with Gasteiger partial charge in [-0.2, -0.15) is 0 Å². The van der Waals surface area contributed by atoms with Crippen molar-refractivity contribution in [2.24, 2.45) is 11.5 Å². The second kappa shape index (κ2) is 2.17. The summed E-state index contributed by atoms with van der Waals surface area (Å²) in [6.45, 7) is 2.05. The molecule has 1 heterocycles. The summed E-state index contributed by atoms with van der Waals surface area (Å²) in [5.41, 5.74) is 11.5. The van der Waals surface area contributed by atoms with Crippen LogP contribution in [0.2, 0.25) is 0 Å². The zero-order valence-electron chi connectivity index (χ0n) is 5.55. The second-order valence-corrected chi connectivity index (χ2v) is 2.24. The highest BCUT2D eigenvalue weighted by atomic mass is 16.5. The molecular weight excluding hydrogens is 116 g/mol. The zero-order chi connectivity index (χ0) is 6.85. The summed E-state index contributed by atoms with van der Waals surface area (Å²) in [7, 11) is 0. The predicted molar refractivity (Wildman–Crippen MR) is 35.2 cm³/mol. The van der Waals surface area contributed by atoms with Gasteiger partial charge in [-0.05, 0) is 6.42 Å². The number of hydrogen-bond donors (Lipinski definition) is 2. The molecule has 3 nitrogen and oxygen atoms in total. The Morgan fingerprint density at radius 3 is 2.56 bits per heavy atom. The normalized spacial score (nSPS) is 26.6. The van der Waals surface area contributed by atoms with Gasteiger partial charge in [-0.15, -0.1) is 0 Å². The van der Waals surface area contributed by atoms with Gasteiger partial charge in [0, 0.05) is 6.42 Å². The van der Waals surface area contributed by atoms with Crippen molar-refractivity contribution in [3.05, 3.63) is 11.6 Å². The molecule has 52 valence electrons. The van der Waals surface area contributed by atoms with Crippen molar-refractivity contribution in [1.82, 2.24) is 0 Å². The Bertz CT molecular complexity index is 128. The van der Waals surface area contributed by atoms with Crippen LogP contribution < -0.4 is 11.5 Å². The van der Waals surface area contributed by atoms with Crippen LogP contribution in [0.5, 0.6) is 0 Å². The van der Waals surface area contributed by atoms with Crippen molar-refractivity contribution >= 4 is 0 Å². The molecule has 1 rings (SSSR count). The van der Waals surface area contributed by atoms with Gasteiger partial charge in [-0.25, -0.2) is 0 Å². The highest BCUT2D eigenvalue weighted by Gasteiger charge is 2.19. The molecule has 0 aliphatic carbocycles. The smallest absolute Gasteiger partial charge is 0.203 e. The van der Waals surface area contributed by atoms with Gasteiger partial charge in [0.15, 0.2) is 0 Å². The lowest BCUT2D eigenvalue weighted by Crippen LogP contribution is -2.06. The summed E-state index contributed by atoms with van der Waals surface area (Å²) in [6, 6.07) is 0. The minimum absolute atomic E-state index is 0.227. The fourth-order valence-corrected chi connectivity index (χ4v) is 0.870. The van der Waals surface area contributed by atoms with E-state index in [1.807, 2.05) is 0 Å². The van der Waals surface area contributed by atoms with Gasteiger partial charge in [-0.1, -0.05) is 6.92 Å². The maximum absolute atomic E-state index is 5.47. The number of rotatable bonds is 1. The van der Waals surface area contributed by atoms with Gasteiger partial charge in [0.25, 0.3) is 0 Å². The van der Waals surface area contributed by atoms with E-state index in [1.165, 1.54) is 0 Å². The third-order valence-corrected chi connectivity index (χ3v) is 1.51. The van der Waals surface area contributed by atoms with Crippen LogP contribution >= 0.6 is 0 Å². The molecule has 1 aliphatic rings. The van der Waals surface area contributed by atoms with E-state index >= 15 is 0 Å². The average Bonchev–Trinajstić information content (AvgIpc) is 2.13. The van der Waals surface area contributed by atoms with Gasteiger partial charge in [0.05, 0.1) is 5.70 Å². The third-order valence-electron chi connectivity index (χ3n) is 1.51. The molecule has 1 unspecified atom stereocenters. The molecule has 1 aliphatic heterocycles. The first-order chi connectivity index (χ1) is 4.24. The lowest BCUT2D eigenvalue weighted by atomic mass is 10.2. The molecule has 0 aromatic carbocycles. The minimum Gasteiger partial charge on any atom is -0.474 e. The lowest BCUT2D eigenvalue weighted by molar-refractivity contribution is 0.138. The van der Waals surface area contributed by atoms with E-state index in [0.29, 0.717) is 11.6 Å². The summed E-state index contributed by atoms with van der Waals surface area (Å²) in [6.07, 6.45) is 1.99. The predicted octanol–water partition coefficient (Wildman–Crippen LogP) is 0.272. The SMILES string of the molecule is CCC1CC(N)=C(N)O1. The first kappa shape index (κ1) is 6.26. The maximum atomic E-state index is 5.47. The quantitative estimate of drug-likeness (QED) is 0.533. The summed E-state index contributed by atoms with van der Waals surface area (Å²) < 4.78 is 5.16. The Labute approximate surface area is 54.7 Å². The Kier molecular flexibility index (Phi) is 1.51. The van der Waals surface area contributed by atoms with Crippen molar-refractivity contribution in [2.45, 2.75) is 25.9 Å². The summed E-state index contributed by atoms with van der Waals surface area (Å²) >= 11 is 0. The standard InChI is InChI=1S/C6H12N2O/c1-2-4-3-5(7)6(8)9-4/h4H,2-3,7-8H2,1H3. The average molecular weight is 128 g/mol. The van der Waals surface area contributed by atoms with Crippen LogP contribution in [0.4, 0.5) is 0 Å². The summed E-state index contributed by atoms with van der Waals surface area (Å²) in [5, 5.41) is 0. The highest BCUT2D eigenvalue weighted by molar-refractivity contribution is 5.07. The van der Waals surface area contributed by atoms with Crippen LogP contribution in [0.1, 0.15) is 19.8 Å². The second-order valence-electron chi connectivity index (χ2n) is 2.24. The number of ether oxygens (including phenoxy) is 1. The largest absolute Gasteiger partial charge is 0.474 e. The summed E-state index contributed by atoms with van der Waals surface area (Å²) in [4.78, 5) is 0. The molecular formula is C6H12N2O. The van der Waals surface area contributed by atoms with E-state index < -0.39 is 0 Å². The lowest BCUT2D eigenvalue weighted by Gasteiger charge is -2.05. The van der Waals surface area contributed by atoms with Gasteiger partial charge < -0.3 is 16.2 Å². The topological polar surface area (TPSA) is 61.3 Å². The van der Waals surface area contributed by atoms with E-state index in [2.05, 4.69) is 6.92 Å². The van der Waals surface area contributed by atoms with E-state index in [1.54, 1.807) is 0 Å². The molecule has 0 fully saturated rings. The molecule has 0 bridgehead atoms. The molecule has 3 heteroatoms. The fourth-order valence-electron chi connectivity index (χ4n) is 0.870. The maximum Gasteiger partial charge on any atom is 0.203 e. The van der Waals surface area contributed by atoms with E-state index in [9.17, 15) is 0 Å². The molecule has 0 spiro atoms. The van der Waals surface area contributed by atoms with Gasteiger partial charge in [-0.3, -0.25) is 0 Å². The zero-order valence-corrected chi connectivity index (χ0v) is 5.55. The van der Waals surface area contributed by atoms with Crippen LogP contribution in [-0.2, 0) is 4.74 Å². The van der Waals surface area contributed by atoms with Crippen LogP contribution in [-0.4, -0.2) is 6.10 Å². The Morgan fingerprint density at radius 1 is 1.67 bits per heavy atom. The van der Waals surface area contributed by atoms with Crippen LogP contribution in [0.15, 0.2) is 11.6 Å². The Hall–Kier alpha value is -0.860. The monoisotopic (exact) mass is 128 g/mol. The third kappa shape index (κ3) is 1.09. The molecule has 1 atom stereocenters. The van der Waals surface area contributed by atoms with Crippen LogP contribution in [0.3, 0.4) is 0 Å². The van der Waals surface area contributed by atoms with Gasteiger partial charge >= 0.3 is 0 Å². The first-order valence-electron chi connectivity index (χ1n) is 3.14. The van der Waals surface area contributed by atoms with Crippen molar-refractivity contribution in [3.8, 4) is 0 Å². The van der Waals surface area contributed by atoms with Crippen molar-refractivity contribution in [3.63, 3.8) is 0 Å². The molecule has 0 aromatic rings. The van der Waals surface area contributed by atoms with Crippen LogP contribution in [0.25, 0.3) is 0 Å². The van der Waals surface area contributed by atoms with E-state index in [-0.39, 0.29) is 6.10 Å². The van der Waals surface area contributed by atoms with Crippen molar-refractivity contribution < 1.29 is 4.74 Å². The molecule has 4 N–H and O–H groups in total. The molecule has 0 aromatic heterocycles. The molecule has 0 radical (unpaired) electrons. The van der Waals surface area contributed by atoms with E-state index in [0.717, 1.165) is 12.8 Å². The summed E-state index contributed by atoms with van der Waals surface area (Å²) in [5.74, 6) is 0.418. The van der Waals surface area contributed by atoms with E-state index in [4.69, 9.17) is 16.2 Å². The van der Waals surface area contributed by atoms with Crippen molar-refractivity contribution in [1.29, 1.82) is 0 Å². The minimum atomic E-state index is 0.227. The van der Waals surface area contributed by atoms with Crippen molar-refractivity contribution in [2.75, 3.05) is 0 Å². The number of hydrogen-bond acceptors (Lipinski definition) is 3. The highest BCUT2D eigenvalue weighted by Crippen LogP contribution is 2.19. The molecule has 0 amide bonds.